The maximum absolute atomic E-state index is 13.2. The summed E-state index contributed by atoms with van der Waals surface area (Å²) < 4.78 is 23.8. The molecule has 28 heavy (non-hydrogen) atoms. The summed E-state index contributed by atoms with van der Waals surface area (Å²) in [7, 11) is -3.49. The van der Waals surface area contributed by atoms with E-state index in [0.29, 0.717) is 34.1 Å². The minimum atomic E-state index is -3.49. The smallest absolute Gasteiger partial charge is 0.263 e. The van der Waals surface area contributed by atoms with Gasteiger partial charge in [-0.25, -0.2) is 18.5 Å². The van der Waals surface area contributed by atoms with E-state index < -0.39 is 10.0 Å². The summed E-state index contributed by atoms with van der Waals surface area (Å²) in [5, 5.41) is 8.16. The zero-order valence-electron chi connectivity index (χ0n) is 15.4. The molecule has 148 valence electrons. The average molecular weight is 436 g/mol. The lowest BCUT2D eigenvalue weighted by molar-refractivity contribution is 0.596. The average Bonchev–Trinajstić information content (AvgIpc) is 3.05. The quantitative estimate of drug-likeness (QED) is 0.253. The Morgan fingerprint density at radius 3 is 2.68 bits per heavy atom. The Hall–Kier alpha value is -1.94. The van der Waals surface area contributed by atoms with Gasteiger partial charge in [0.15, 0.2) is 5.16 Å². The first-order valence-electron chi connectivity index (χ1n) is 8.63. The van der Waals surface area contributed by atoms with Gasteiger partial charge in [-0.2, -0.15) is 0 Å². The number of hydrogen-bond donors (Lipinski definition) is 1. The molecule has 0 bridgehead atoms. The molecular weight excluding hydrogens is 414 g/mol. The Bertz CT molecular complexity index is 1160. The Morgan fingerprint density at radius 2 is 2.04 bits per heavy atom. The normalized spacial score (nSPS) is 11.8. The molecular formula is C19H21N3O3S3. The highest BCUT2D eigenvalue weighted by Gasteiger charge is 2.17. The molecule has 2 heterocycles. The Kier molecular flexibility index (Phi) is 6.39. The largest absolute Gasteiger partial charge is 0.283 e. The highest BCUT2D eigenvalue weighted by Crippen LogP contribution is 2.32. The van der Waals surface area contributed by atoms with E-state index in [2.05, 4.69) is 11.6 Å². The number of allylic oxidation sites excluding steroid dienone is 1. The zero-order chi connectivity index (χ0) is 20.3. The predicted octanol–water partition coefficient (Wildman–Crippen LogP) is 3.39. The molecule has 0 atom stereocenters. The number of sulfonamides is 1. The van der Waals surface area contributed by atoms with E-state index in [9.17, 15) is 13.2 Å². The molecule has 1 aromatic carbocycles. The van der Waals surface area contributed by atoms with Gasteiger partial charge < -0.3 is 0 Å². The van der Waals surface area contributed by atoms with Gasteiger partial charge in [0.1, 0.15) is 4.83 Å². The maximum atomic E-state index is 13.2. The summed E-state index contributed by atoms with van der Waals surface area (Å²) in [6.45, 7) is 6.09. The molecule has 0 aliphatic heterocycles. The van der Waals surface area contributed by atoms with Gasteiger partial charge in [-0.05, 0) is 18.9 Å². The fourth-order valence-electron chi connectivity index (χ4n) is 2.78. The molecule has 0 fully saturated rings. The van der Waals surface area contributed by atoms with Gasteiger partial charge in [0.05, 0.1) is 11.1 Å². The lowest BCUT2D eigenvalue weighted by Gasteiger charge is -2.10. The van der Waals surface area contributed by atoms with Crippen LogP contribution in [-0.2, 0) is 16.6 Å². The molecule has 0 amide bonds. The van der Waals surface area contributed by atoms with Crippen molar-refractivity contribution in [3.05, 3.63) is 58.2 Å². The summed E-state index contributed by atoms with van der Waals surface area (Å²) in [5.41, 5.74) is 2.90. The number of fused-ring (bicyclic) bond motifs is 1. The number of nitrogens with two attached hydrogens (primary N) is 1. The van der Waals surface area contributed by atoms with E-state index in [1.54, 1.807) is 10.6 Å². The number of benzene rings is 1. The van der Waals surface area contributed by atoms with Crippen molar-refractivity contribution in [3.8, 4) is 11.1 Å². The molecule has 0 radical (unpaired) electrons. The standard InChI is InChI=1S/C19H21N3O3S3/c1-3-9-22-18(23)16-15(14-7-5-13(2)6-8-14)12-27-17(16)21-19(22)26-10-4-11-28(20,24)25/h3,5-8,12H,1,4,9-11H2,2H3,(H2,20,24,25). The third-order valence-electron chi connectivity index (χ3n) is 4.14. The fourth-order valence-corrected chi connectivity index (χ4v) is 5.44. The minimum absolute atomic E-state index is 0.0927. The van der Waals surface area contributed by atoms with Gasteiger partial charge in [0.25, 0.3) is 5.56 Å². The molecule has 6 nitrogen and oxygen atoms in total. The first kappa shape index (κ1) is 20.8. The summed E-state index contributed by atoms with van der Waals surface area (Å²) >= 11 is 2.79. The van der Waals surface area contributed by atoms with Crippen LogP contribution in [0.4, 0.5) is 0 Å². The highest BCUT2D eigenvalue weighted by molar-refractivity contribution is 7.99. The fraction of sp³-hybridized carbons (Fsp3) is 0.263. The summed E-state index contributed by atoms with van der Waals surface area (Å²) in [6.07, 6.45) is 2.05. The lowest BCUT2D eigenvalue weighted by atomic mass is 10.1. The Labute approximate surface area is 172 Å². The van der Waals surface area contributed by atoms with Crippen molar-refractivity contribution in [2.24, 2.45) is 5.14 Å². The van der Waals surface area contributed by atoms with Crippen LogP contribution in [0.3, 0.4) is 0 Å². The van der Waals surface area contributed by atoms with Gasteiger partial charge in [0.2, 0.25) is 10.0 Å². The number of thioether (sulfide) groups is 1. The van der Waals surface area contributed by atoms with Crippen molar-refractivity contribution in [2.75, 3.05) is 11.5 Å². The monoisotopic (exact) mass is 435 g/mol. The second kappa shape index (κ2) is 8.60. The van der Waals surface area contributed by atoms with E-state index in [-0.39, 0.29) is 11.3 Å². The molecule has 2 aromatic heterocycles. The van der Waals surface area contributed by atoms with Crippen LogP contribution in [0.2, 0.25) is 0 Å². The van der Waals surface area contributed by atoms with Crippen LogP contribution in [0.1, 0.15) is 12.0 Å². The molecule has 9 heteroatoms. The van der Waals surface area contributed by atoms with E-state index in [1.807, 2.05) is 36.6 Å². The topological polar surface area (TPSA) is 95.1 Å². The summed E-state index contributed by atoms with van der Waals surface area (Å²) in [4.78, 5) is 18.6. The predicted molar refractivity (Wildman–Crippen MR) is 118 cm³/mol. The number of primary sulfonamides is 1. The molecule has 0 unspecified atom stereocenters. The third kappa shape index (κ3) is 4.72. The van der Waals surface area contributed by atoms with Crippen LogP contribution < -0.4 is 10.7 Å². The van der Waals surface area contributed by atoms with E-state index >= 15 is 0 Å². The summed E-state index contributed by atoms with van der Waals surface area (Å²) in [6, 6.07) is 8.04. The van der Waals surface area contributed by atoms with Crippen LogP contribution >= 0.6 is 23.1 Å². The van der Waals surface area contributed by atoms with Crippen molar-refractivity contribution in [1.29, 1.82) is 0 Å². The van der Waals surface area contributed by atoms with Gasteiger partial charge in [-0.3, -0.25) is 9.36 Å². The number of aromatic nitrogens is 2. The van der Waals surface area contributed by atoms with Crippen LogP contribution in [0.15, 0.2) is 52.3 Å². The first-order chi connectivity index (χ1) is 13.3. The summed E-state index contributed by atoms with van der Waals surface area (Å²) in [5.74, 6) is 0.409. The van der Waals surface area contributed by atoms with Crippen LogP contribution in [-0.4, -0.2) is 29.5 Å². The molecule has 0 saturated carbocycles. The first-order valence-corrected chi connectivity index (χ1v) is 12.2. The van der Waals surface area contributed by atoms with Gasteiger partial charge in [-0.1, -0.05) is 47.7 Å². The number of rotatable bonds is 8. The second-order valence-electron chi connectivity index (χ2n) is 6.36. The SMILES string of the molecule is C=CCn1c(SCCCS(N)(=O)=O)nc2scc(-c3ccc(C)cc3)c2c1=O. The van der Waals surface area contributed by atoms with E-state index in [0.717, 1.165) is 16.7 Å². The van der Waals surface area contributed by atoms with Crippen molar-refractivity contribution < 1.29 is 8.42 Å². The Morgan fingerprint density at radius 1 is 1.32 bits per heavy atom. The van der Waals surface area contributed by atoms with E-state index in [1.165, 1.54) is 23.1 Å². The number of nitrogens with zero attached hydrogens (tertiary/aromatic N) is 2. The molecule has 0 aliphatic carbocycles. The molecule has 0 spiro atoms. The number of thiophene rings is 1. The highest BCUT2D eigenvalue weighted by atomic mass is 32.2. The van der Waals surface area contributed by atoms with Crippen molar-refractivity contribution >= 4 is 43.3 Å². The molecule has 0 saturated heterocycles. The van der Waals surface area contributed by atoms with Gasteiger partial charge in [-0.15, -0.1) is 17.9 Å². The lowest BCUT2D eigenvalue weighted by Crippen LogP contribution is -2.23. The van der Waals surface area contributed by atoms with E-state index in [4.69, 9.17) is 5.14 Å². The van der Waals surface area contributed by atoms with Crippen LogP contribution in [0.5, 0.6) is 0 Å². The van der Waals surface area contributed by atoms with Crippen molar-refractivity contribution in [2.45, 2.75) is 25.0 Å². The van der Waals surface area contributed by atoms with Crippen LogP contribution in [0.25, 0.3) is 21.3 Å². The molecule has 3 rings (SSSR count). The van der Waals surface area contributed by atoms with Crippen molar-refractivity contribution in [1.82, 2.24) is 9.55 Å². The molecule has 2 N–H and O–H groups in total. The zero-order valence-corrected chi connectivity index (χ0v) is 17.9. The van der Waals surface area contributed by atoms with Gasteiger partial charge in [0, 0.05) is 23.2 Å². The maximum Gasteiger partial charge on any atom is 0.263 e. The minimum Gasteiger partial charge on any atom is -0.283 e. The second-order valence-corrected chi connectivity index (χ2v) is 10.0. The third-order valence-corrected chi connectivity index (χ3v) is 6.93. The molecule has 3 aromatic rings. The number of aryl methyl sites for hydroxylation is 1. The van der Waals surface area contributed by atoms with Crippen LogP contribution in [0, 0.1) is 6.92 Å². The van der Waals surface area contributed by atoms with Gasteiger partial charge >= 0.3 is 0 Å². The Balaban J connectivity index is 2.00. The van der Waals surface area contributed by atoms with Crippen molar-refractivity contribution in [3.63, 3.8) is 0 Å². The number of hydrogen-bond acceptors (Lipinski definition) is 6. The molecule has 0 aliphatic rings.